The monoisotopic (exact) mass is 264 g/mol. The lowest BCUT2D eigenvalue weighted by Gasteiger charge is -2.21. The third-order valence-corrected chi connectivity index (χ3v) is 3.66. The number of carbonyl (C=O) groups is 1. The molecule has 0 spiro atoms. The van der Waals surface area contributed by atoms with Crippen molar-refractivity contribution in [1.29, 1.82) is 0 Å². The Hall–Kier alpha value is -1.65. The van der Waals surface area contributed by atoms with Gasteiger partial charge in [0, 0.05) is 17.7 Å². The van der Waals surface area contributed by atoms with Gasteiger partial charge in [-0.25, -0.2) is 4.98 Å². The molecule has 0 amide bonds. The molecule has 1 aliphatic rings. The first-order valence-corrected chi connectivity index (χ1v) is 6.77. The van der Waals surface area contributed by atoms with Crippen molar-refractivity contribution in [3.63, 3.8) is 0 Å². The zero-order valence-corrected chi connectivity index (χ0v) is 11.5. The van der Waals surface area contributed by atoms with Gasteiger partial charge in [0.25, 0.3) is 11.6 Å². The number of aryl methyl sites for hydroxylation is 1. The van der Waals surface area contributed by atoms with E-state index in [2.05, 4.69) is 4.98 Å². The minimum atomic E-state index is -0.228. The van der Waals surface area contributed by atoms with Gasteiger partial charge in [-0.3, -0.25) is 14.2 Å². The van der Waals surface area contributed by atoms with Gasteiger partial charge >= 0.3 is 0 Å². The second-order valence-corrected chi connectivity index (χ2v) is 5.11. The highest BCUT2D eigenvalue weighted by Crippen LogP contribution is 2.25. The van der Waals surface area contributed by atoms with Gasteiger partial charge < -0.3 is 4.74 Å². The molecule has 1 aromatic rings. The van der Waals surface area contributed by atoms with Crippen molar-refractivity contribution in [3.8, 4) is 6.01 Å². The minimum absolute atomic E-state index is 0.0694. The fraction of sp³-hybridized carbons (Fsp3) is 0.643. The highest BCUT2D eigenvalue weighted by molar-refractivity contribution is 5.81. The molecule has 0 bridgehead atoms. The molecule has 0 atom stereocenters. The molecule has 19 heavy (non-hydrogen) atoms. The molecule has 1 saturated carbocycles. The Bertz CT molecular complexity index is 516. The molecule has 104 valence electrons. The molecule has 0 aliphatic heterocycles. The highest BCUT2D eigenvalue weighted by Gasteiger charge is 2.22. The van der Waals surface area contributed by atoms with Crippen molar-refractivity contribution in [1.82, 2.24) is 9.55 Å². The lowest BCUT2D eigenvalue weighted by Crippen LogP contribution is -2.30. The number of hydrogen-bond donors (Lipinski definition) is 0. The quantitative estimate of drug-likeness (QED) is 0.830. The molecular weight excluding hydrogens is 244 g/mol. The molecule has 1 aliphatic carbocycles. The van der Waals surface area contributed by atoms with Crippen LogP contribution in [0.1, 0.15) is 37.8 Å². The van der Waals surface area contributed by atoms with Crippen LogP contribution in [-0.4, -0.2) is 22.4 Å². The van der Waals surface area contributed by atoms with E-state index in [0.29, 0.717) is 5.69 Å². The fourth-order valence-electron chi connectivity index (χ4n) is 2.61. The van der Waals surface area contributed by atoms with Crippen LogP contribution in [0.15, 0.2) is 10.9 Å². The van der Waals surface area contributed by atoms with Gasteiger partial charge in [-0.1, -0.05) is 19.3 Å². The molecule has 0 radical (unpaired) electrons. The Labute approximate surface area is 112 Å². The first kappa shape index (κ1) is 13.8. The maximum absolute atomic E-state index is 12.2. The van der Waals surface area contributed by atoms with E-state index in [4.69, 9.17) is 4.74 Å². The number of rotatable bonds is 4. The summed E-state index contributed by atoms with van der Waals surface area (Å²) in [5.41, 5.74) is 0.372. The number of ketones is 1. The van der Waals surface area contributed by atoms with Crippen molar-refractivity contribution in [2.24, 2.45) is 5.92 Å². The van der Waals surface area contributed by atoms with Crippen LogP contribution in [0.3, 0.4) is 0 Å². The van der Waals surface area contributed by atoms with Gasteiger partial charge in [-0.15, -0.1) is 0 Å². The van der Waals surface area contributed by atoms with Gasteiger partial charge in [-0.05, 0) is 19.8 Å². The average Bonchev–Trinajstić information content (AvgIpc) is 2.42. The van der Waals surface area contributed by atoms with Crippen LogP contribution in [0.25, 0.3) is 0 Å². The maximum atomic E-state index is 12.2. The number of ether oxygens (including phenoxy) is 1. The van der Waals surface area contributed by atoms with E-state index in [1.54, 1.807) is 6.92 Å². The lowest BCUT2D eigenvalue weighted by molar-refractivity contribution is -0.124. The standard InChI is InChI=1S/C14H20N2O3/c1-10-8-13(18)16(14(15-10)19-2)9-12(17)11-6-4-3-5-7-11/h8,11H,3-7,9H2,1-2H3. The first-order chi connectivity index (χ1) is 9.11. The largest absolute Gasteiger partial charge is 0.468 e. The molecule has 0 unspecified atom stereocenters. The number of carbonyl (C=O) groups excluding carboxylic acids is 1. The Morgan fingerprint density at radius 3 is 2.74 bits per heavy atom. The van der Waals surface area contributed by atoms with E-state index < -0.39 is 0 Å². The average molecular weight is 264 g/mol. The number of Topliss-reactive ketones (excluding diaryl/α,β-unsaturated/α-hetero) is 1. The normalized spacial score (nSPS) is 16.3. The van der Waals surface area contributed by atoms with Crippen molar-refractivity contribution >= 4 is 5.78 Å². The SMILES string of the molecule is COc1nc(C)cc(=O)n1CC(=O)C1CCCCC1. The number of methoxy groups -OCH3 is 1. The Morgan fingerprint density at radius 1 is 1.42 bits per heavy atom. The zero-order valence-electron chi connectivity index (χ0n) is 11.5. The van der Waals surface area contributed by atoms with Gasteiger partial charge in [0.15, 0.2) is 5.78 Å². The van der Waals surface area contributed by atoms with Crippen molar-refractivity contribution in [3.05, 3.63) is 22.1 Å². The number of hydrogen-bond acceptors (Lipinski definition) is 4. The topological polar surface area (TPSA) is 61.2 Å². The predicted octanol–water partition coefficient (Wildman–Crippen LogP) is 1.71. The molecule has 0 aromatic carbocycles. The van der Waals surface area contributed by atoms with Gasteiger partial charge in [0.05, 0.1) is 13.7 Å². The maximum Gasteiger partial charge on any atom is 0.299 e. The van der Waals surface area contributed by atoms with E-state index in [1.807, 2.05) is 0 Å². The summed E-state index contributed by atoms with van der Waals surface area (Å²) in [6.07, 6.45) is 5.30. The summed E-state index contributed by atoms with van der Waals surface area (Å²) in [4.78, 5) is 28.3. The van der Waals surface area contributed by atoms with Crippen LogP contribution in [0.5, 0.6) is 6.01 Å². The van der Waals surface area contributed by atoms with Gasteiger partial charge in [-0.2, -0.15) is 0 Å². The van der Waals surface area contributed by atoms with E-state index in [9.17, 15) is 9.59 Å². The molecule has 5 nitrogen and oxygen atoms in total. The Kier molecular flexibility index (Phi) is 4.35. The summed E-state index contributed by atoms with van der Waals surface area (Å²) < 4.78 is 6.42. The van der Waals surface area contributed by atoms with Gasteiger partial charge in [0.1, 0.15) is 0 Å². The second kappa shape index (κ2) is 5.99. The molecule has 1 fully saturated rings. The van der Waals surface area contributed by atoms with E-state index in [1.165, 1.54) is 24.2 Å². The molecule has 5 heteroatoms. The Morgan fingerprint density at radius 2 is 2.11 bits per heavy atom. The molecular formula is C14H20N2O3. The van der Waals surface area contributed by atoms with Crippen molar-refractivity contribution in [2.75, 3.05) is 7.11 Å². The summed E-state index contributed by atoms with van der Waals surface area (Å²) in [5, 5.41) is 0. The highest BCUT2D eigenvalue weighted by atomic mass is 16.5. The summed E-state index contributed by atoms with van der Waals surface area (Å²) in [7, 11) is 1.46. The third kappa shape index (κ3) is 3.22. The van der Waals surface area contributed by atoms with E-state index >= 15 is 0 Å². The van der Waals surface area contributed by atoms with E-state index in [0.717, 1.165) is 25.7 Å². The van der Waals surface area contributed by atoms with Crippen LogP contribution in [0.4, 0.5) is 0 Å². The first-order valence-electron chi connectivity index (χ1n) is 6.77. The second-order valence-electron chi connectivity index (χ2n) is 5.11. The van der Waals surface area contributed by atoms with E-state index in [-0.39, 0.29) is 29.8 Å². The molecule has 1 aromatic heterocycles. The number of aromatic nitrogens is 2. The number of nitrogens with zero attached hydrogens (tertiary/aromatic N) is 2. The van der Waals surface area contributed by atoms with Crippen LogP contribution in [0, 0.1) is 12.8 Å². The fourth-order valence-corrected chi connectivity index (χ4v) is 2.61. The Balaban J connectivity index is 2.18. The molecule has 2 rings (SSSR count). The van der Waals surface area contributed by atoms with Crippen molar-refractivity contribution in [2.45, 2.75) is 45.6 Å². The summed E-state index contributed by atoms with van der Waals surface area (Å²) >= 11 is 0. The minimum Gasteiger partial charge on any atom is -0.468 e. The zero-order chi connectivity index (χ0) is 13.8. The molecule has 0 saturated heterocycles. The summed E-state index contributed by atoms with van der Waals surface area (Å²) in [6, 6.07) is 1.64. The summed E-state index contributed by atoms with van der Waals surface area (Å²) in [6.45, 7) is 1.80. The van der Waals surface area contributed by atoms with Gasteiger partial charge in [0.2, 0.25) is 0 Å². The third-order valence-electron chi connectivity index (χ3n) is 3.66. The van der Waals surface area contributed by atoms with Crippen LogP contribution in [-0.2, 0) is 11.3 Å². The van der Waals surface area contributed by atoms with Crippen LogP contribution in [0.2, 0.25) is 0 Å². The molecule has 0 N–H and O–H groups in total. The predicted molar refractivity (Wildman–Crippen MR) is 71.4 cm³/mol. The molecule has 1 heterocycles. The van der Waals surface area contributed by atoms with Crippen LogP contribution >= 0.6 is 0 Å². The van der Waals surface area contributed by atoms with Crippen molar-refractivity contribution < 1.29 is 9.53 Å². The smallest absolute Gasteiger partial charge is 0.299 e. The summed E-state index contributed by atoms with van der Waals surface area (Å²) in [5.74, 6) is 0.206. The lowest BCUT2D eigenvalue weighted by atomic mass is 9.86. The van der Waals surface area contributed by atoms with Crippen LogP contribution < -0.4 is 10.3 Å².